The third-order valence-electron chi connectivity index (χ3n) is 4.38. The van der Waals surface area contributed by atoms with Crippen molar-refractivity contribution < 1.29 is 12.8 Å². The van der Waals surface area contributed by atoms with Gasteiger partial charge >= 0.3 is 0 Å². The van der Waals surface area contributed by atoms with Crippen molar-refractivity contribution in [3.63, 3.8) is 0 Å². The summed E-state index contributed by atoms with van der Waals surface area (Å²) in [6.45, 7) is 5.43. The van der Waals surface area contributed by atoms with Gasteiger partial charge in [-0.3, -0.25) is 0 Å². The highest BCUT2D eigenvalue weighted by Gasteiger charge is 2.27. The number of hydrogen-bond acceptors (Lipinski definition) is 2. The van der Waals surface area contributed by atoms with Gasteiger partial charge < -0.3 is 0 Å². The van der Waals surface area contributed by atoms with Crippen LogP contribution in [0.4, 0.5) is 4.39 Å². The molecule has 118 valence electrons. The van der Waals surface area contributed by atoms with Crippen LogP contribution in [0.15, 0.2) is 17.0 Å². The van der Waals surface area contributed by atoms with Crippen molar-refractivity contribution in [3.05, 3.63) is 29.1 Å². The van der Waals surface area contributed by atoms with Crippen molar-refractivity contribution in [2.24, 2.45) is 5.92 Å². The maximum Gasteiger partial charge on any atom is 0.241 e. The average Bonchev–Trinajstić information content (AvgIpc) is 2.36. The Morgan fingerprint density at radius 2 is 1.86 bits per heavy atom. The molecule has 0 heterocycles. The third-order valence-corrected chi connectivity index (χ3v) is 6.20. The van der Waals surface area contributed by atoms with Crippen LogP contribution in [0.25, 0.3) is 0 Å². The molecule has 0 spiro atoms. The molecule has 3 nitrogen and oxygen atoms in total. The lowest BCUT2D eigenvalue weighted by molar-refractivity contribution is 0.301. The molecule has 2 atom stereocenters. The minimum atomic E-state index is -3.59. The summed E-state index contributed by atoms with van der Waals surface area (Å²) in [4.78, 5) is 0.225. The lowest BCUT2D eigenvalue weighted by atomic mass is 9.85. The van der Waals surface area contributed by atoms with Gasteiger partial charge in [0.25, 0.3) is 0 Å². The van der Waals surface area contributed by atoms with Crippen LogP contribution in [0.5, 0.6) is 0 Å². The Morgan fingerprint density at radius 1 is 1.24 bits per heavy atom. The number of halogens is 1. The van der Waals surface area contributed by atoms with Crippen molar-refractivity contribution in [1.82, 2.24) is 4.72 Å². The Balaban J connectivity index is 2.23. The summed E-state index contributed by atoms with van der Waals surface area (Å²) in [7, 11) is -3.59. The van der Waals surface area contributed by atoms with Gasteiger partial charge in [0.05, 0.1) is 4.90 Å². The van der Waals surface area contributed by atoms with Crippen LogP contribution in [0.3, 0.4) is 0 Å². The molecule has 1 N–H and O–H groups in total. The number of hydrogen-bond donors (Lipinski definition) is 1. The highest BCUT2D eigenvalue weighted by atomic mass is 32.2. The van der Waals surface area contributed by atoms with E-state index in [1.54, 1.807) is 13.8 Å². The standard InChI is InChI=1S/C16H24FNO2S/c1-4-13-6-5-7-15(10-13)18-21(19,20)16-11(2)8-14(17)9-12(16)3/h8-9,13,15,18H,4-7,10H2,1-3H3. The fourth-order valence-electron chi connectivity index (χ4n) is 3.37. The summed E-state index contributed by atoms with van der Waals surface area (Å²) >= 11 is 0. The van der Waals surface area contributed by atoms with Gasteiger partial charge in [-0.05, 0) is 55.9 Å². The molecular formula is C16H24FNO2S. The van der Waals surface area contributed by atoms with Gasteiger partial charge in [0.15, 0.2) is 0 Å². The predicted molar refractivity (Wildman–Crippen MR) is 82.2 cm³/mol. The summed E-state index contributed by atoms with van der Waals surface area (Å²) < 4.78 is 41.4. The van der Waals surface area contributed by atoms with Gasteiger partial charge in [-0.2, -0.15) is 0 Å². The van der Waals surface area contributed by atoms with Gasteiger partial charge in [-0.15, -0.1) is 0 Å². The summed E-state index contributed by atoms with van der Waals surface area (Å²) in [5, 5.41) is 0. The number of benzene rings is 1. The van der Waals surface area contributed by atoms with E-state index < -0.39 is 15.8 Å². The normalized spacial score (nSPS) is 23.2. The minimum absolute atomic E-state index is 0.00227. The zero-order valence-electron chi connectivity index (χ0n) is 12.9. The number of rotatable bonds is 4. The highest BCUT2D eigenvalue weighted by Crippen LogP contribution is 2.28. The first-order valence-electron chi connectivity index (χ1n) is 7.62. The number of nitrogens with one attached hydrogen (secondary N) is 1. The van der Waals surface area contributed by atoms with E-state index in [1.807, 2.05) is 0 Å². The van der Waals surface area contributed by atoms with Crippen LogP contribution in [0, 0.1) is 25.6 Å². The SMILES string of the molecule is CCC1CCCC(NS(=O)(=O)c2c(C)cc(F)cc2C)C1. The van der Waals surface area contributed by atoms with Gasteiger partial charge in [0, 0.05) is 6.04 Å². The van der Waals surface area contributed by atoms with E-state index in [-0.39, 0.29) is 10.9 Å². The Bertz CT molecular complexity index is 590. The van der Waals surface area contributed by atoms with Crippen LogP contribution in [0.1, 0.15) is 50.2 Å². The molecule has 0 aliphatic heterocycles. The van der Waals surface area contributed by atoms with Crippen LogP contribution in [0.2, 0.25) is 0 Å². The summed E-state index contributed by atoms with van der Waals surface area (Å²) in [5.41, 5.74) is 0.922. The first kappa shape index (κ1) is 16.4. The maximum atomic E-state index is 13.3. The van der Waals surface area contributed by atoms with Gasteiger partial charge in [-0.25, -0.2) is 17.5 Å². The summed E-state index contributed by atoms with van der Waals surface area (Å²) in [6, 6.07) is 2.55. The molecule has 1 aliphatic rings. The van der Waals surface area contributed by atoms with E-state index in [0.717, 1.165) is 25.7 Å². The topological polar surface area (TPSA) is 46.2 Å². The monoisotopic (exact) mass is 313 g/mol. The Hall–Kier alpha value is -0.940. The second kappa shape index (κ2) is 6.44. The Morgan fingerprint density at radius 3 is 2.43 bits per heavy atom. The molecule has 1 aromatic carbocycles. The molecule has 1 aromatic rings. The fraction of sp³-hybridized carbons (Fsp3) is 0.625. The number of sulfonamides is 1. The van der Waals surface area contributed by atoms with Crippen molar-refractivity contribution in [2.45, 2.75) is 63.8 Å². The molecular weight excluding hydrogens is 289 g/mol. The first-order valence-corrected chi connectivity index (χ1v) is 9.11. The van der Waals surface area contributed by atoms with Crippen LogP contribution < -0.4 is 4.72 Å². The molecule has 1 saturated carbocycles. The summed E-state index contributed by atoms with van der Waals surface area (Å²) in [6.07, 6.45) is 5.12. The third kappa shape index (κ3) is 3.83. The lowest BCUT2D eigenvalue weighted by Gasteiger charge is -2.29. The van der Waals surface area contributed by atoms with E-state index in [0.29, 0.717) is 17.0 Å². The Labute approximate surface area is 127 Å². The van der Waals surface area contributed by atoms with Crippen LogP contribution >= 0.6 is 0 Å². The molecule has 5 heteroatoms. The predicted octanol–water partition coefficient (Wildman–Crippen LogP) is 3.69. The van der Waals surface area contributed by atoms with E-state index in [2.05, 4.69) is 11.6 Å². The summed E-state index contributed by atoms with van der Waals surface area (Å²) in [5.74, 6) is 0.203. The van der Waals surface area contributed by atoms with Crippen molar-refractivity contribution in [1.29, 1.82) is 0 Å². The van der Waals surface area contributed by atoms with E-state index in [1.165, 1.54) is 18.6 Å². The van der Waals surface area contributed by atoms with E-state index >= 15 is 0 Å². The molecule has 2 unspecified atom stereocenters. The molecule has 2 rings (SSSR count). The lowest BCUT2D eigenvalue weighted by Crippen LogP contribution is -2.38. The van der Waals surface area contributed by atoms with Crippen molar-refractivity contribution in [2.75, 3.05) is 0 Å². The smallest absolute Gasteiger partial charge is 0.208 e. The quantitative estimate of drug-likeness (QED) is 0.921. The second-order valence-electron chi connectivity index (χ2n) is 6.13. The largest absolute Gasteiger partial charge is 0.241 e. The zero-order chi connectivity index (χ0) is 15.6. The fourth-order valence-corrected chi connectivity index (χ4v) is 5.10. The van der Waals surface area contributed by atoms with Crippen LogP contribution in [-0.4, -0.2) is 14.5 Å². The second-order valence-corrected chi connectivity index (χ2v) is 7.78. The van der Waals surface area contributed by atoms with Gasteiger partial charge in [-0.1, -0.05) is 26.2 Å². The average molecular weight is 313 g/mol. The first-order chi connectivity index (χ1) is 9.83. The zero-order valence-corrected chi connectivity index (χ0v) is 13.8. The molecule has 0 radical (unpaired) electrons. The molecule has 0 saturated heterocycles. The molecule has 1 fully saturated rings. The van der Waals surface area contributed by atoms with Gasteiger partial charge in [0.2, 0.25) is 10.0 Å². The van der Waals surface area contributed by atoms with Crippen LogP contribution in [-0.2, 0) is 10.0 Å². The van der Waals surface area contributed by atoms with E-state index in [9.17, 15) is 12.8 Å². The maximum absolute atomic E-state index is 13.3. The molecule has 0 aromatic heterocycles. The molecule has 0 amide bonds. The van der Waals surface area contributed by atoms with E-state index in [4.69, 9.17) is 0 Å². The molecule has 1 aliphatic carbocycles. The molecule has 21 heavy (non-hydrogen) atoms. The van der Waals surface area contributed by atoms with Crippen molar-refractivity contribution >= 4 is 10.0 Å². The van der Waals surface area contributed by atoms with Crippen molar-refractivity contribution in [3.8, 4) is 0 Å². The highest BCUT2D eigenvalue weighted by molar-refractivity contribution is 7.89. The molecule has 0 bridgehead atoms. The minimum Gasteiger partial charge on any atom is -0.208 e. The Kier molecular flexibility index (Phi) is 5.04. The van der Waals surface area contributed by atoms with Gasteiger partial charge in [0.1, 0.15) is 5.82 Å². The number of aryl methyl sites for hydroxylation is 2.